The van der Waals surface area contributed by atoms with E-state index in [1.165, 1.54) is 24.1 Å². The molecule has 1 aliphatic carbocycles. The highest BCUT2D eigenvalue weighted by Gasteiger charge is 2.26. The SMILES string of the molecule is CNCc1c(C)nn(C2CCCCCC2O)c1C. The molecule has 0 bridgehead atoms. The summed E-state index contributed by atoms with van der Waals surface area (Å²) in [5.41, 5.74) is 3.56. The van der Waals surface area contributed by atoms with Crippen LogP contribution in [-0.4, -0.2) is 28.0 Å². The molecule has 0 aromatic carbocycles. The third-order valence-electron chi connectivity index (χ3n) is 4.09. The van der Waals surface area contributed by atoms with Gasteiger partial charge in [-0.3, -0.25) is 4.68 Å². The molecular weight excluding hydrogens is 226 g/mol. The molecule has 0 aliphatic heterocycles. The van der Waals surface area contributed by atoms with Crippen molar-refractivity contribution in [3.05, 3.63) is 17.0 Å². The minimum atomic E-state index is -0.243. The molecule has 1 aromatic heterocycles. The number of aryl methyl sites for hydroxylation is 1. The fraction of sp³-hybridized carbons (Fsp3) is 0.786. The fourth-order valence-corrected chi connectivity index (χ4v) is 3.01. The van der Waals surface area contributed by atoms with Gasteiger partial charge in [-0.1, -0.05) is 19.3 Å². The summed E-state index contributed by atoms with van der Waals surface area (Å²) >= 11 is 0. The van der Waals surface area contributed by atoms with E-state index >= 15 is 0 Å². The van der Waals surface area contributed by atoms with Crippen molar-refractivity contribution in [3.63, 3.8) is 0 Å². The fourth-order valence-electron chi connectivity index (χ4n) is 3.01. The van der Waals surface area contributed by atoms with E-state index in [1.54, 1.807) is 0 Å². The second-order valence-electron chi connectivity index (χ2n) is 5.40. The molecule has 4 nitrogen and oxygen atoms in total. The van der Waals surface area contributed by atoms with Crippen LogP contribution in [0.1, 0.15) is 55.1 Å². The standard InChI is InChI=1S/C14H25N3O/c1-10-12(9-15-3)11(2)17(16-10)13-7-5-4-6-8-14(13)18/h13-15,18H,4-9H2,1-3H3. The van der Waals surface area contributed by atoms with Crippen LogP contribution in [0, 0.1) is 13.8 Å². The molecule has 2 N–H and O–H groups in total. The summed E-state index contributed by atoms with van der Waals surface area (Å²) in [6.07, 6.45) is 5.28. The van der Waals surface area contributed by atoms with Gasteiger partial charge in [0.1, 0.15) is 0 Å². The smallest absolute Gasteiger partial charge is 0.0781 e. The molecule has 1 saturated carbocycles. The quantitative estimate of drug-likeness (QED) is 0.809. The van der Waals surface area contributed by atoms with Crippen LogP contribution in [0.2, 0.25) is 0 Å². The zero-order valence-corrected chi connectivity index (χ0v) is 11.7. The molecule has 0 spiro atoms. The summed E-state index contributed by atoms with van der Waals surface area (Å²) in [6, 6.07) is 0.164. The van der Waals surface area contributed by atoms with Crippen molar-refractivity contribution in [2.75, 3.05) is 7.05 Å². The summed E-state index contributed by atoms with van der Waals surface area (Å²) in [5, 5.41) is 18.1. The van der Waals surface area contributed by atoms with Gasteiger partial charge in [0.25, 0.3) is 0 Å². The lowest BCUT2D eigenvalue weighted by atomic mass is 10.1. The first-order chi connectivity index (χ1) is 8.65. The van der Waals surface area contributed by atoms with Gasteiger partial charge in [-0.25, -0.2) is 0 Å². The summed E-state index contributed by atoms with van der Waals surface area (Å²) < 4.78 is 2.07. The van der Waals surface area contributed by atoms with Crippen molar-refractivity contribution in [3.8, 4) is 0 Å². The summed E-state index contributed by atoms with van der Waals surface area (Å²) in [7, 11) is 1.96. The van der Waals surface area contributed by atoms with Gasteiger partial charge in [0, 0.05) is 17.8 Å². The Morgan fingerprint density at radius 1 is 1.28 bits per heavy atom. The molecule has 2 atom stereocenters. The second-order valence-corrected chi connectivity index (χ2v) is 5.40. The van der Waals surface area contributed by atoms with Gasteiger partial charge in [0.15, 0.2) is 0 Å². The predicted molar refractivity (Wildman–Crippen MR) is 72.6 cm³/mol. The first-order valence-electron chi connectivity index (χ1n) is 7.02. The van der Waals surface area contributed by atoms with Crippen molar-refractivity contribution in [2.45, 2.75) is 64.6 Å². The van der Waals surface area contributed by atoms with Gasteiger partial charge < -0.3 is 10.4 Å². The van der Waals surface area contributed by atoms with Crippen LogP contribution in [0.4, 0.5) is 0 Å². The van der Waals surface area contributed by atoms with E-state index < -0.39 is 0 Å². The monoisotopic (exact) mass is 251 g/mol. The van der Waals surface area contributed by atoms with Gasteiger partial charge >= 0.3 is 0 Å². The van der Waals surface area contributed by atoms with E-state index in [0.717, 1.165) is 31.5 Å². The first kappa shape index (κ1) is 13.6. The predicted octanol–water partition coefficient (Wildman–Crippen LogP) is 2.09. The molecule has 0 amide bonds. The highest BCUT2D eigenvalue weighted by Crippen LogP contribution is 2.29. The number of aliphatic hydroxyl groups excluding tert-OH is 1. The van der Waals surface area contributed by atoms with Crippen molar-refractivity contribution >= 4 is 0 Å². The van der Waals surface area contributed by atoms with E-state index in [0.29, 0.717) is 0 Å². The molecule has 18 heavy (non-hydrogen) atoms. The topological polar surface area (TPSA) is 50.1 Å². The first-order valence-corrected chi connectivity index (χ1v) is 7.02. The molecule has 4 heteroatoms. The minimum Gasteiger partial charge on any atom is -0.391 e. The summed E-state index contributed by atoms with van der Waals surface area (Å²) in [4.78, 5) is 0. The number of rotatable bonds is 3. The zero-order chi connectivity index (χ0) is 13.1. The Bertz CT molecular complexity index is 400. The summed E-state index contributed by atoms with van der Waals surface area (Å²) in [6.45, 7) is 5.02. The molecule has 1 aliphatic rings. The highest BCUT2D eigenvalue weighted by molar-refractivity contribution is 5.25. The third kappa shape index (κ3) is 2.59. The van der Waals surface area contributed by atoms with Gasteiger partial charge in [-0.15, -0.1) is 0 Å². The van der Waals surface area contributed by atoms with Gasteiger partial charge in [0.05, 0.1) is 17.8 Å². The number of hydrogen-bond donors (Lipinski definition) is 2. The maximum atomic E-state index is 10.3. The normalized spacial score (nSPS) is 25.1. The van der Waals surface area contributed by atoms with Crippen LogP contribution in [-0.2, 0) is 6.54 Å². The van der Waals surface area contributed by atoms with E-state index in [9.17, 15) is 5.11 Å². The Kier molecular flexibility index (Phi) is 4.40. The molecule has 0 radical (unpaired) electrons. The van der Waals surface area contributed by atoms with Crippen LogP contribution in [0.15, 0.2) is 0 Å². The Morgan fingerprint density at radius 3 is 2.72 bits per heavy atom. The van der Waals surface area contributed by atoms with Crippen LogP contribution >= 0.6 is 0 Å². The molecule has 1 heterocycles. The summed E-state index contributed by atoms with van der Waals surface area (Å²) in [5.74, 6) is 0. The second kappa shape index (κ2) is 5.85. The molecule has 2 rings (SSSR count). The number of hydrogen-bond acceptors (Lipinski definition) is 3. The number of nitrogens with zero attached hydrogens (tertiary/aromatic N) is 2. The lowest BCUT2D eigenvalue weighted by Crippen LogP contribution is -2.25. The lowest BCUT2D eigenvalue weighted by Gasteiger charge is -2.22. The molecule has 2 unspecified atom stereocenters. The van der Waals surface area contributed by atoms with E-state index in [-0.39, 0.29) is 12.1 Å². The van der Waals surface area contributed by atoms with Gasteiger partial charge in [-0.2, -0.15) is 5.10 Å². The van der Waals surface area contributed by atoms with Crippen LogP contribution < -0.4 is 5.32 Å². The average molecular weight is 251 g/mol. The van der Waals surface area contributed by atoms with Crippen LogP contribution in [0.3, 0.4) is 0 Å². The molecular formula is C14H25N3O. The van der Waals surface area contributed by atoms with Crippen LogP contribution in [0.25, 0.3) is 0 Å². The maximum absolute atomic E-state index is 10.3. The van der Waals surface area contributed by atoms with Crippen molar-refractivity contribution in [1.29, 1.82) is 0 Å². The average Bonchev–Trinajstić information content (AvgIpc) is 2.54. The van der Waals surface area contributed by atoms with Crippen molar-refractivity contribution in [2.24, 2.45) is 0 Å². The van der Waals surface area contributed by atoms with Gasteiger partial charge in [-0.05, 0) is 33.7 Å². The maximum Gasteiger partial charge on any atom is 0.0781 e. The van der Waals surface area contributed by atoms with E-state index in [2.05, 4.69) is 28.9 Å². The Balaban J connectivity index is 2.28. The number of aliphatic hydroxyl groups is 1. The van der Waals surface area contributed by atoms with E-state index in [4.69, 9.17) is 0 Å². The Morgan fingerprint density at radius 2 is 2.00 bits per heavy atom. The number of aromatic nitrogens is 2. The molecule has 1 fully saturated rings. The molecule has 0 saturated heterocycles. The van der Waals surface area contributed by atoms with Crippen molar-refractivity contribution < 1.29 is 5.11 Å². The van der Waals surface area contributed by atoms with Gasteiger partial charge in [0.2, 0.25) is 0 Å². The Hall–Kier alpha value is -0.870. The van der Waals surface area contributed by atoms with Crippen LogP contribution in [0.5, 0.6) is 0 Å². The number of nitrogens with one attached hydrogen (secondary N) is 1. The zero-order valence-electron chi connectivity index (χ0n) is 11.7. The van der Waals surface area contributed by atoms with Crippen molar-refractivity contribution in [1.82, 2.24) is 15.1 Å². The highest BCUT2D eigenvalue weighted by atomic mass is 16.3. The molecule has 102 valence electrons. The lowest BCUT2D eigenvalue weighted by molar-refractivity contribution is 0.0977. The molecule has 1 aromatic rings. The minimum absolute atomic E-state index is 0.164. The third-order valence-corrected chi connectivity index (χ3v) is 4.09. The largest absolute Gasteiger partial charge is 0.391 e. The van der Waals surface area contributed by atoms with E-state index in [1.807, 2.05) is 7.05 Å². The Labute approximate surface area is 109 Å².